The molecule has 0 bridgehead atoms. The zero-order valence-electron chi connectivity index (χ0n) is 18.8. The number of benzene rings is 1. The number of nitrogens with zero attached hydrogens (tertiary/aromatic N) is 5. The summed E-state index contributed by atoms with van der Waals surface area (Å²) in [5.74, 6) is 1.94. The van der Waals surface area contributed by atoms with Gasteiger partial charge in [-0.3, -0.25) is 4.79 Å². The molecule has 3 heterocycles. The number of hydrogen-bond acceptors (Lipinski definition) is 5. The van der Waals surface area contributed by atoms with Gasteiger partial charge >= 0.3 is 0 Å². The zero-order valence-corrected chi connectivity index (χ0v) is 18.8. The molecule has 1 amide bonds. The smallest absolute Gasteiger partial charge is 0.254 e. The van der Waals surface area contributed by atoms with Crippen LogP contribution < -0.4 is 10.2 Å². The SMILES string of the molecule is Cc1nc2c(c(N3CCC(NC(=O)c4cnn(-c5ccccc5)c4C)CC3)n1)CCCC2. The predicted molar refractivity (Wildman–Crippen MR) is 124 cm³/mol. The van der Waals surface area contributed by atoms with E-state index in [1.54, 1.807) is 6.20 Å². The van der Waals surface area contributed by atoms with Crippen LogP contribution in [0.1, 0.15) is 58.8 Å². The van der Waals surface area contributed by atoms with Gasteiger partial charge in [0, 0.05) is 30.4 Å². The van der Waals surface area contributed by atoms with E-state index in [1.807, 2.05) is 48.9 Å². The number of amides is 1. The monoisotopic (exact) mass is 430 g/mol. The van der Waals surface area contributed by atoms with E-state index in [0.29, 0.717) is 5.56 Å². The highest BCUT2D eigenvalue weighted by Gasteiger charge is 2.27. The Morgan fingerprint density at radius 3 is 2.56 bits per heavy atom. The van der Waals surface area contributed by atoms with E-state index in [2.05, 4.69) is 20.3 Å². The molecule has 5 rings (SSSR count). The highest BCUT2D eigenvalue weighted by atomic mass is 16.1. The summed E-state index contributed by atoms with van der Waals surface area (Å²) in [5.41, 5.74) is 5.03. The van der Waals surface area contributed by atoms with Crippen LogP contribution in [-0.2, 0) is 12.8 Å². The zero-order chi connectivity index (χ0) is 22.1. The summed E-state index contributed by atoms with van der Waals surface area (Å²) < 4.78 is 1.82. The maximum absolute atomic E-state index is 13.0. The first-order valence-corrected chi connectivity index (χ1v) is 11.6. The largest absolute Gasteiger partial charge is 0.356 e. The molecule has 2 aromatic heterocycles. The normalized spacial score (nSPS) is 16.6. The molecule has 1 N–H and O–H groups in total. The molecule has 0 atom stereocenters. The van der Waals surface area contributed by atoms with Crippen LogP contribution >= 0.6 is 0 Å². The number of carbonyl (C=O) groups is 1. The Balaban J connectivity index is 1.24. The summed E-state index contributed by atoms with van der Waals surface area (Å²) in [6, 6.07) is 10.1. The second kappa shape index (κ2) is 8.73. The maximum Gasteiger partial charge on any atom is 0.254 e. The lowest BCUT2D eigenvalue weighted by atomic mass is 9.95. The highest BCUT2D eigenvalue weighted by molar-refractivity contribution is 5.95. The number of aromatic nitrogens is 4. The Kier molecular flexibility index (Phi) is 5.64. The van der Waals surface area contributed by atoms with E-state index >= 15 is 0 Å². The first-order chi connectivity index (χ1) is 15.6. The fraction of sp³-hybridized carbons (Fsp3) is 0.440. The summed E-state index contributed by atoms with van der Waals surface area (Å²) in [6.07, 6.45) is 8.07. The molecule has 32 heavy (non-hydrogen) atoms. The number of hydrogen-bond donors (Lipinski definition) is 1. The molecule has 7 heteroatoms. The van der Waals surface area contributed by atoms with Crippen LogP contribution in [-0.4, -0.2) is 44.8 Å². The summed E-state index contributed by atoms with van der Waals surface area (Å²) in [7, 11) is 0. The Bertz CT molecular complexity index is 1110. The van der Waals surface area contributed by atoms with Gasteiger partial charge in [-0.25, -0.2) is 14.6 Å². The minimum absolute atomic E-state index is 0.0432. The molecule has 1 aromatic carbocycles. The summed E-state index contributed by atoms with van der Waals surface area (Å²) in [6.45, 7) is 5.73. The first kappa shape index (κ1) is 20.7. The fourth-order valence-corrected chi connectivity index (χ4v) is 4.92. The molecule has 0 spiro atoms. The average molecular weight is 431 g/mol. The van der Waals surface area contributed by atoms with Crippen LogP contribution in [0.4, 0.5) is 5.82 Å². The summed E-state index contributed by atoms with van der Waals surface area (Å²) in [5, 5.41) is 7.67. The molecular formula is C25H30N6O. The van der Waals surface area contributed by atoms with E-state index in [-0.39, 0.29) is 11.9 Å². The van der Waals surface area contributed by atoms with Crippen molar-refractivity contribution in [2.24, 2.45) is 0 Å². The van der Waals surface area contributed by atoms with E-state index in [1.165, 1.54) is 24.1 Å². The van der Waals surface area contributed by atoms with Crippen molar-refractivity contribution in [3.63, 3.8) is 0 Å². The number of fused-ring (bicyclic) bond motifs is 1. The van der Waals surface area contributed by atoms with Gasteiger partial charge in [0.25, 0.3) is 5.91 Å². The third kappa shape index (κ3) is 3.99. The molecule has 0 radical (unpaired) electrons. The van der Waals surface area contributed by atoms with Gasteiger partial charge in [-0.15, -0.1) is 0 Å². The van der Waals surface area contributed by atoms with E-state index < -0.39 is 0 Å². The van der Waals surface area contributed by atoms with Crippen LogP contribution in [0.2, 0.25) is 0 Å². The van der Waals surface area contributed by atoms with Crippen molar-refractivity contribution in [1.82, 2.24) is 25.1 Å². The highest BCUT2D eigenvalue weighted by Crippen LogP contribution is 2.29. The lowest BCUT2D eigenvalue weighted by molar-refractivity contribution is 0.0930. The van der Waals surface area contributed by atoms with Crippen LogP contribution in [0.15, 0.2) is 36.5 Å². The minimum atomic E-state index is -0.0432. The minimum Gasteiger partial charge on any atom is -0.356 e. The Labute approximate surface area is 188 Å². The van der Waals surface area contributed by atoms with Crippen molar-refractivity contribution in [3.8, 4) is 5.69 Å². The van der Waals surface area contributed by atoms with Crippen molar-refractivity contribution in [3.05, 3.63) is 64.9 Å². The van der Waals surface area contributed by atoms with E-state index in [9.17, 15) is 4.79 Å². The van der Waals surface area contributed by atoms with Crippen molar-refractivity contribution >= 4 is 11.7 Å². The van der Waals surface area contributed by atoms with Crippen LogP contribution in [0.3, 0.4) is 0 Å². The van der Waals surface area contributed by atoms with Gasteiger partial charge in [-0.1, -0.05) is 18.2 Å². The molecule has 1 aliphatic carbocycles. The van der Waals surface area contributed by atoms with Crippen molar-refractivity contribution in [2.45, 2.75) is 58.4 Å². The van der Waals surface area contributed by atoms with Crippen molar-refractivity contribution < 1.29 is 4.79 Å². The van der Waals surface area contributed by atoms with Crippen LogP contribution in [0.25, 0.3) is 5.69 Å². The standard InChI is InChI=1S/C25H30N6O/c1-17-22(16-26-31(17)20-8-4-3-5-9-20)25(32)29-19-12-14-30(15-13-19)24-21-10-6-7-11-23(21)27-18(2)28-24/h3-5,8-9,16,19H,6-7,10-15H2,1-2H3,(H,29,32). The predicted octanol–water partition coefficient (Wildman–Crippen LogP) is 3.56. The molecule has 3 aromatic rings. The van der Waals surface area contributed by atoms with Gasteiger partial charge in [0.15, 0.2) is 0 Å². The van der Waals surface area contributed by atoms with Gasteiger partial charge in [-0.2, -0.15) is 5.10 Å². The number of para-hydroxylation sites is 1. The number of anilines is 1. The number of rotatable bonds is 4. The van der Waals surface area contributed by atoms with Gasteiger partial charge in [0.1, 0.15) is 11.6 Å². The van der Waals surface area contributed by atoms with Crippen LogP contribution in [0.5, 0.6) is 0 Å². The fourth-order valence-electron chi connectivity index (χ4n) is 4.92. The molecule has 1 fully saturated rings. The van der Waals surface area contributed by atoms with Gasteiger partial charge in [0.05, 0.1) is 23.1 Å². The Morgan fingerprint density at radius 2 is 1.78 bits per heavy atom. The summed E-state index contributed by atoms with van der Waals surface area (Å²) in [4.78, 5) is 24.8. The van der Waals surface area contributed by atoms with E-state index in [4.69, 9.17) is 4.98 Å². The van der Waals surface area contributed by atoms with E-state index in [0.717, 1.165) is 61.8 Å². The molecular weight excluding hydrogens is 400 g/mol. The Morgan fingerprint density at radius 1 is 1.03 bits per heavy atom. The third-order valence-electron chi connectivity index (χ3n) is 6.66. The molecule has 0 unspecified atom stereocenters. The quantitative estimate of drug-likeness (QED) is 0.685. The molecule has 1 saturated heterocycles. The number of carbonyl (C=O) groups excluding carboxylic acids is 1. The van der Waals surface area contributed by atoms with Crippen LogP contribution in [0, 0.1) is 13.8 Å². The third-order valence-corrected chi connectivity index (χ3v) is 6.66. The lowest BCUT2D eigenvalue weighted by Crippen LogP contribution is -2.45. The molecule has 1 aliphatic heterocycles. The number of nitrogens with one attached hydrogen (secondary N) is 1. The average Bonchev–Trinajstić information content (AvgIpc) is 3.21. The van der Waals surface area contributed by atoms with Gasteiger partial charge < -0.3 is 10.2 Å². The Hall–Kier alpha value is -3.22. The first-order valence-electron chi connectivity index (χ1n) is 11.6. The topological polar surface area (TPSA) is 75.9 Å². The number of aryl methyl sites for hydroxylation is 2. The molecule has 7 nitrogen and oxygen atoms in total. The second-order valence-corrected chi connectivity index (χ2v) is 8.85. The van der Waals surface area contributed by atoms with Gasteiger partial charge in [0.2, 0.25) is 0 Å². The second-order valence-electron chi connectivity index (χ2n) is 8.85. The van der Waals surface area contributed by atoms with Crippen molar-refractivity contribution in [1.29, 1.82) is 0 Å². The number of piperidine rings is 1. The molecule has 2 aliphatic rings. The molecule has 0 saturated carbocycles. The summed E-state index contributed by atoms with van der Waals surface area (Å²) >= 11 is 0. The molecule has 166 valence electrons. The lowest BCUT2D eigenvalue weighted by Gasteiger charge is -2.35. The van der Waals surface area contributed by atoms with Gasteiger partial charge in [-0.05, 0) is 64.5 Å². The van der Waals surface area contributed by atoms with Crippen molar-refractivity contribution in [2.75, 3.05) is 18.0 Å². The maximum atomic E-state index is 13.0.